The van der Waals surface area contributed by atoms with Crippen LogP contribution in [-0.4, -0.2) is 25.7 Å². The minimum absolute atomic E-state index is 0.444. The van der Waals surface area contributed by atoms with Crippen LogP contribution in [0.4, 0.5) is 11.4 Å². The molecule has 0 radical (unpaired) electrons. The molecule has 0 spiro atoms. The van der Waals surface area contributed by atoms with Gasteiger partial charge in [-0.2, -0.15) is 0 Å². The van der Waals surface area contributed by atoms with Crippen molar-refractivity contribution in [2.45, 2.75) is 38.1 Å². The van der Waals surface area contributed by atoms with Crippen molar-refractivity contribution in [1.82, 2.24) is 0 Å². The van der Waals surface area contributed by atoms with Crippen LogP contribution in [-0.2, 0) is 0 Å². The van der Waals surface area contributed by atoms with Crippen molar-refractivity contribution in [3.63, 3.8) is 0 Å². The van der Waals surface area contributed by atoms with Crippen LogP contribution in [0.3, 0.4) is 0 Å². The Morgan fingerprint density at radius 2 is 1.81 bits per heavy atom. The van der Waals surface area contributed by atoms with Gasteiger partial charge in [0.15, 0.2) is 0 Å². The summed E-state index contributed by atoms with van der Waals surface area (Å²) in [5, 5.41) is 3.59. The molecule has 0 unspecified atom stereocenters. The van der Waals surface area contributed by atoms with Gasteiger partial charge in [0.2, 0.25) is 0 Å². The quantitative estimate of drug-likeness (QED) is 0.833. The average molecular weight is 285 g/mol. The minimum Gasteiger partial charge on any atom is -0.385 e. The largest absolute Gasteiger partial charge is 0.385 e. The standard InChI is InChI=1S/C18H27N3/c19-16-6-4-15(5-7-16)14-20-17-8-10-18(11-9-17)21-12-2-1-3-13-21/h1-2,8-11,15-16,20H,3-7,12-14,19H2. The summed E-state index contributed by atoms with van der Waals surface area (Å²) in [5.74, 6) is 0.789. The van der Waals surface area contributed by atoms with Crippen molar-refractivity contribution in [3.05, 3.63) is 36.4 Å². The van der Waals surface area contributed by atoms with Crippen molar-refractivity contribution in [3.8, 4) is 0 Å². The highest BCUT2D eigenvalue weighted by Gasteiger charge is 2.18. The Labute approximate surface area is 128 Å². The molecule has 3 N–H and O–H groups in total. The third-order valence-electron chi connectivity index (χ3n) is 4.78. The Morgan fingerprint density at radius 1 is 1.05 bits per heavy atom. The highest BCUT2D eigenvalue weighted by molar-refractivity contribution is 5.55. The first-order valence-electron chi connectivity index (χ1n) is 8.31. The predicted molar refractivity (Wildman–Crippen MR) is 90.8 cm³/mol. The van der Waals surface area contributed by atoms with Crippen LogP contribution in [0.2, 0.25) is 0 Å². The number of anilines is 2. The molecule has 3 rings (SSSR count). The third-order valence-corrected chi connectivity index (χ3v) is 4.78. The Balaban J connectivity index is 1.49. The van der Waals surface area contributed by atoms with E-state index in [1.807, 2.05) is 0 Å². The summed E-state index contributed by atoms with van der Waals surface area (Å²) in [7, 11) is 0. The lowest BCUT2D eigenvalue weighted by Gasteiger charge is -2.27. The van der Waals surface area contributed by atoms with Crippen LogP contribution in [0, 0.1) is 5.92 Å². The molecule has 1 aromatic carbocycles. The second-order valence-electron chi connectivity index (χ2n) is 6.41. The molecular weight excluding hydrogens is 258 g/mol. The van der Waals surface area contributed by atoms with Gasteiger partial charge in [-0.1, -0.05) is 12.2 Å². The molecule has 21 heavy (non-hydrogen) atoms. The molecule has 1 aromatic rings. The Hall–Kier alpha value is -1.48. The van der Waals surface area contributed by atoms with E-state index in [1.54, 1.807) is 0 Å². The number of hydrogen-bond donors (Lipinski definition) is 2. The van der Waals surface area contributed by atoms with Gasteiger partial charge in [0, 0.05) is 37.1 Å². The lowest BCUT2D eigenvalue weighted by Crippen LogP contribution is -2.29. The Kier molecular flexibility index (Phi) is 4.81. The predicted octanol–water partition coefficient (Wildman–Crippen LogP) is 3.38. The first-order valence-corrected chi connectivity index (χ1v) is 8.31. The maximum Gasteiger partial charge on any atom is 0.0370 e. The van der Waals surface area contributed by atoms with Crippen LogP contribution in [0.15, 0.2) is 36.4 Å². The van der Waals surface area contributed by atoms with Gasteiger partial charge >= 0.3 is 0 Å². The summed E-state index contributed by atoms with van der Waals surface area (Å²) in [6, 6.07) is 9.33. The normalized spacial score (nSPS) is 25.9. The molecule has 1 heterocycles. The van der Waals surface area contributed by atoms with E-state index in [9.17, 15) is 0 Å². The topological polar surface area (TPSA) is 41.3 Å². The van der Waals surface area contributed by atoms with Crippen molar-refractivity contribution in [2.24, 2.45) is 11.7 Å². The minimum atomic E-state index is 0.444. The van der Waals surface area contributed by atoms with Gasteiger partial charge < -0.3 is 16.0 Å². The SMILES string of the molecule is NC1CCC(CNc2ccc(N3CC=CCC3)cc2)CC1. The van der Waals surface area contributed by atoms with E-state index in [0.29, 0.717) is 6.04 Å². The van der Waals surface area contributed by atoms with E-state index in [-0.39, 0.29) is 0 Å². The van der Waals surface area contributed by atoms with E-state index < -0.39 is 0 Å². The first-order chi connectivity index (χ1) is 10.3. The number of nitrogens with two attached hydrogens (primary N) is 1. The van der Waals surface area contributed by atoms with Crippen molar-refractivity contribution in [2.75, 3.05) is 29.9 Å². The summed E-state index contributed by atoms with van der Waals surface area (Å²) in [4.78, 5) is 2.42. The lowest BCUT2D eigenvalue weighted by atomic mass is 9.86. The first kappa shape index (κ1) is 14.5. The molecule has 0 amide bonds. The highest BCUT2D eigenvalue weighted by atomic mass is 15.1. The molecule has 1 aliphatic carbocycles. The second-order valence-corrected chi connectivity index (χ2v) is 6.41. The molecule has 0 aromatic heterocycles. The van der Waals surface area contributed by atoms with Crippen LogP contribution in [0.1, 0.15) is 32.1 Å². The van der Waals surface area contributed by atoms with Crippen molar-refractivity contribution >= 4 is 11.4 Å². The van der Waals surface area contributed by atoms with E-state index in [1.165, 1.54) is 37.1 Å². The number of benzene rings is 1. The molecule has 0 saturated heterocycles. The molecule has 114 valence electrons. The smallest absolute Gasteiger partial charge is 0.0370 e. The van der Waals surface area contributed by atoms with Crippen LogP contribution in [0.5, 0.6) is 0 Å². The summed E-state index contributed by atoms with van der Waals surface area (Å²) < 4.78 is 0. The Morgan fingerprint density at radius 3 is 2.48 bits per heavy atom. The van der Waals surface area contributed by atoms with Crippen LogP contribution >= 0.6 is 0 Å². The molecule has 3 nitrogen and oxygen atoms in total. The number of hydrogen-bond acceptors (Lipinski definition) is 3. The number of nitrogens with one attached hydrogen (secondary N) is 1. The van der Waals surface area contributed by atoms with Gasteiger partial charge in [-0.25, -0.2) is 0 Å². The van der Waals surface area contributed by atoms with Crippen LogP contribution < -0.4 is 16.0 Å². The summed E-state index contributed by atoms with van der Waals surface area (Å²) in [6.07, 6.45) is 10.6. The second kappa shape index (κ2) is 6.99. The van der Waals surface area contributed by atoms with E-state index in [0.717, 1.165) is 32.0 Å². The van der Waals surface area contributed by atoms with Gasteiger partial charge in [0.1, 0.15) is 0 Å². The fourth-order valence-electron chi connectivity index (χ4n) is 3.32. The molecule has 1 fully saturated rings. The molecule has 1 saturated carbocycles. The molecule has 3 heteroatoms. The maximum absolute atomic E-state index is 5.96. The molecular formula is C18H27N3. The molecule has 0 bridgehead atoms. The fraction of sp³-hybridized carbons (Fsp3) is 0.556. The molecule has 0 atom stereocenters. The maximum atomic E-state index is 5.96. The van der Waals surface area contributed by atoms with Crippen molar-refractivity contribution in [1.29, 1.82) is 0 Å². The van der Waals surface area contributed by atoms with E-state index >= 15 is 0 Å². The summed E-state index contributed by atoms with van der Waals surface area (Å²) >= 11 is 0. The van der Waals surface area contributed by atoms with Gasteiger partial charge in [-0.3, -0.25) is 0 Å². The zero-order chi connectivity index (χ0) is 14.5. The van der Waals surface area contributed by atoms with Gasteiger partial charge in [-0.05, 0) is 62.3 Å². The number of nitrogens with zero attached hydrogens (tertiary/aromatic N) is 1. The Bertz CT molecular complexity index is 458. The average Bonchev–Trinajstić information content (AvgIpc) is 2.56. The monoisotopic (exact) mass is 285 g/mol. The molecule has 2 aliphatic rings. The zero-order valence-corrected chi connectivity index (χ0v) is 12.8. The fourth-order valence-corrected chi connectivity index (χ4v) is 3.32. The third kappa shape index (κ3) is 4.01. The lowest BCUT2D eigenvalue weighted by molar-refractivity contribution is 0.339. The van der Waals surface area contributed by atoms with Crippen molar-refractivity contribution < 1.29 is 0 Å². The van der Waals surface area contributed by atoms with Gasteiger partial charge in [0.05, 0.1) is 0 Å². The van der Waals surface area contributed by atoms with Gasteiger partial charge in [0.25, 0.3) is 0 Å². The highest BCUT2D eigenvalue weighted by Crippen LogP contribution is 2.24. The van der Waals surface area contributed by atoms with Crippen LogP contribution in [0.25, 0.3) is 0 Å². The summed E-state index contributed by atoms with van der Waals surface area (Å²) in [6.45, 7) is 3.25. The van der Waals surface area contributed by atoms with E-state index in [2.05, 4.69) is 46.6 Å². The zero-order valence-electron chi connectivity index (χ0n) is 12.8. The summed E-state index contributed by atoms with van der Waals surface area (Å²) in [5.41, 5.74) is 8.53. The molecule has 1 aliphatic heterocycles. The van der Waals surface area contributed by atoms with Gasteiger partial charge in [-0.15, -0.1) is 0 Å². The number of rotatable bonds is 4. The van der Waals surface area contributed by atoms with E-state index in [4.69, 9.17) is 5.73 Å².